The van der Waals surface area contributed by atoms with Gasteiger partial charge >= 0.3 is 5.97 Å². The van der Waals surface area contributed by atoms with Gasteiger partial charge in [-0.2, -0.15) is 0 Å². The SMILES string of the molecule is C=COC(=O)Cc1ccc(N)cc1. The van der Waals surface area contributed by atoms with Crippen molar-refractivity contribution in [3.05, 3.63) is 42.7 Å². The van der Waals surface area contributed by atoms with E-state index >= 15 is 0 Å². The van der Waals surface area contributed by atoms with E-state index in [1.54, 1.807) is 24.3 Å². The molecule has 0 saturated carbocycles. The van der Waals surface area contributed by atoms with Crippen molar-refractivity contribution in [2.24, 2.45) is 0 Å². The highest BCUT2D eigenvalue weighted by molar-refractivity contribution is 5.73. The van der Waals surface area contributed by atoms with Crippen LogP contribution in [0.15, 0.2) is 37.1 Å². The Labute approximate surface area is 76.8 Å². The molecule has 1 aromatic rings. The van der Waals surface area contributed by atoms with Crippen molar-refractivity contribution in [1.82, 2.24) is 0 Å². The Morgan fingerprint density at radius 2 is 2.08 bits per heavy atom. The maximum Gasteiger partial charge on any atom is 0.315 e. The molecule has 0 heterocycles. The number of ether oxygens (including phenoxy) is 1. The molecule has 0 unspecified atom stereocenters. The molecule has 2 N–H and O–H groups in total. The molecule has 0 atom stereocenters. The van der Waals surface area contributed by atoms with E-state index in [9.17, 15) is 4.79 Å². The smallest absolute Gasteiger partial charge is 0.315 e. The Morgan fingerprint density at radius 1 is 1.46 bits per heavy atom. The maximum atomic E-state index is 11.0. The molecular weight excluding hydrogens is 166 g/mol. The Kier molecular flexibility index (Phi) is 3.09. The van der Waals surface area contributed by atoms with Crippen molar-refractivity contribution in [2.75, 3.05) is 5.73 Å². The van der Waals surface area contributed by atoms with Crippen molar-refractivity contribution < 1.29 is 9.53 Å². The molecule has 1 aromatic carbocycles. The minimum Gasteiger partial charge on any atom is -0.435 e. The molecule has 0 saturated heterocycles. The third-order valence-corrected chi connectivity index (χ3v) is 1.54. The predicted octanol–water partition coefficient (Wildman–Crippen LogP) is 1.50. The normalized spacial score (nSPS) is 9.23. The van der Waals surface area contributed by atoms with Crippen LogP contribution >= 0.6 is 0 Å². The average molecular weight is 177 g/mol. The number of benzene rings is 1. The van der Waals surface area contributed by atoms with Gasteiger partial charge in [0.25, 0.3) is 0 Å². The summed E-state index contributed by atoms with van der Waals surface area (Å²) in [5.41, 5.74) is 7.04. The lowest BCUT2D eigenvalue weighted by Crippen LogP contribution is -2.03. The van der Waals surface area contributed by atoms with E-state index in [4.69, 9.17) is 5.73 Å². The number of hydrogen-bond acceptors (Lipinski definition) is 3. The van der Waals surface area contributed by atoms with Crippen molar-refractivity contribution >= 4 is 11.7 Å². The summed E-state index contributed by atoms with van der Waals surface area (Å²) in [6, 6.07) is 7.08. The van der Waals surface area contributed by atoms with Crippen LogP contribution in [-0.2, 0) is 16.0 Å². The number of anilines is 1. The van der Waals surface area contributed by atoms with Crippen LogP contribution in [0.25, 0.3) is 0 Å². The quantitative estimate of drug-likeness (QED) is 0.432. The molecule has 0 spiro atoms. The molecule has 3 nitrogen and oxygen atoms in total. The first-order chi connectivity index (χ1) is 6.22. The van der Waals surface area contributed by atoms with Gasteiger partial charge in [0.2, 0.25) is 0 Å². The van der Waals surface area contributed by atoms with E-state index < -0.39 is 0 Å². The number of rotatable bonds is 3. The molecule has 0 bridgehead atoms. The minimum absolute atomic E-state index is 0.242. The summed E-state index contributed by atoms with van der Waals surface area (Å²) in [5.74, 6) is -0.320. The Balaban J connectivity index is 2.59. The van der Waals surface area contributed by atoms with E-state index in [1.807, 2.05) is 0 Å². The molecule has 0 aromatic heterocycles. The number of nitrogens with two attached hydrogens (primary N) is 1. The van der Waals surface area contributed by atoms with Gasteiger partial charge in [-0.15, -0.1) is 0 Å². The summed E-state index contributed by atoms with van der Waals surface area (Å²) in [7, 11) is 0. The fraction of sp³-hybridized carbons (Fsp3) is 0.100. The molecule has 0 amide bonds. The second kappa shape index (κ2) is 4.30. The van der Waals surface area contributed by atoms with Crippen molar-refractivity contribution in [3.8, 4) is 0 Å². The number of esters is 1. The van der Waals surface area contributed by atoms with Gasteiger partial charge in [-0.3, -0.25) is 4.79 Å². The van der Waals surface area contributed by atoms with E-state index in [0.717, 1.165) is 11.8 Å². The van der Waals surface area contributed by atoms with Gasteiger partial charge < -0.3 is 10.5 Å². The number of carbonyl (C=O) groups is 1. The van der Waals surface area contributed by atoms with E-state index in [0.29, 0.717) is 5.69 Å². The molecule has 13 heavy (non-hydrogen) atoms. The summed E-state index contributed by atoms with van der Waals surface area (Å²) in [6.45, 7) is 3.29. The monoisotopic (exact) mass is 177 g/mol. The fourth-order valence-electron chi connectivity index (χ4n) is 0.937. The van der Waals surface area contributed by atoms with Crippen molar-refractivity contribution in [3.63, 3.8) is 0 Å². The first-order valence-electron chi connectivity index (χ1n) is 3.87. The summed E-state index contributed by atoms with van der Waals surface area (Å²) in [4.78, 5) is 11.0. The Bertz CT molecular complexity index is 303. The summed E-state index contributed by atoms with van der Waals surface area (Å²) in [6.07, 6.45) is 1.37. The Hall–Kier alpha value is -1.77. The van der Waals surface area contributed by atoms with Crippen molar-refractivity contribution in [1.29, 1.82) is 0 Å². The summed E-state index contributed by atoms with van der Waals surface area (Å²) in [5, 5.41) is 0. The van der Waals surface area contributed by atoms with Gasteiger partial charge in [0, 0.05) is 5.69 Å². The highest BCUT2D eigenvalue weighted by atomic mass is 16.5. The van der Waals surface area contributed by atoms with E-state index in [2.05, 4.69) is 11.3 Å². The number of carbonyl (C=O) groups excluding carboxylic acids is 1. The Morgan fingerprint density at radius 3 is 2.62 bits per heavy atom. The van der Waals surface area contributed by atoms with E-state index in [-0.39, 0.29) is 12.4 Å². The van der Waals surface area contributed by atoms with Gasteiger partial charge in [0.15, 0.2) is 0 Å². The second-order valence-electron chi connectivity index (χ2n) is 2.57. The first-order valence-corrected chi connectivity index (χ1v) is 3.87. The largest absolute Gasteiger partial charge is 0.435 e. The van der Waals surface area contributed by atoms with Gasteiger partial charge in [-0.25, -0.2) is 0 Å². The summed E-state index contributed by atoms with van der Waals surface area (Å²) < 4.78 is 4.57. The molecule has 0 fully saturated rings. The zero-order valence-electron chi connectivity index (χ0n) is 7.19. The second-order valence-corrected chi connectivity index (χ2v) is 2.57. The first kappa shape index (κ1) is 9.32. The molecule has 0 aliphatic carbocycles. The highest BCUT2D eigenvalue weighted by Crippen LogP contribution is 2.06. The fourth-order valence-corrected chi connectivity index (χ4v) is 0.937. The lowest BCUT2D eigenvalue weighted by Gasteiger charge is -1.99. The molecule has 68 valence electrons. The van der Waals surface area contributed by atoms with Crippen LogP contribution in [0.4, 0.5) is 5.69 Å². The molecule has 0 radical (unpaired) electrons. The van der Waals surface area contributed by atoms with E-state index in [1.165, 1.54) is 0 Å². The van der Waals surface area contributed by atoms with Crippen LogP contribution < -0.4 is 5.73 Å². The number of hydrogen-bond donors (Lipinski definition) is 1. The summed E-state index contributed by atoms with van der Waals surface area (Å²) >= 11 is 0. The predicted molar refractivity (Wildman–Crippen MR) is 50.8 cm³/mol. The van der Waals surface area contributed by atoms with Crippen LogP contribution in [-0.4, -0.2) is 5.97 Å². The maximum absolute atomic E-state index is 11.0. The minimum atomic E-state index is -0.320. The van der Waals surface area contributed by atoms with Crippen LogP contribution in [0.5, 0.6) is 0 Å². The van der Waals surface area contributed by atoms with Crippen LogP contribution in [0.3, 0.4) is 0 Å². The van der Waals surface area contributed by atoms with Gasteiger partial charge in [0.05, 0.1) is 12.7 Å². The van der Waals surface area contributed by atoms with Crippen LogP contribution in [0.1, 0.15) is 5.56 Å². The standard InChI is InChI=1S/C10H11NO2/c1-2-13-10(12)7-8-3-5-9(11)6-4-8/h2-6H,1,7,11H2. The van der Waals surface area contributed by atoms with Gasteiger partial charge in [-0.05, 0) is 17.7 Å². The van der Waals surface area contributed by atoms with Crippen LogP contribution in [0.2, 0.25) is 0 Å². The average Bonchev–Trinajstić information content (AvgIpc) is 2.09. The molecule has 1 rings (SSSR count). The topological polar surface area (TPSA) is 52.3 Å². The zero-order valence-corrected chi connectivity index (χ0v) is 7.19. The lowest BCUT2D eigenvalue weighted by atomic mass is 10.1. The third kappa shape index (κ3) is 2.99. The van der Waals surface area contributed by atoms with Gasteiger partial charge in [0.1, 0.15) is 0 Å². The van der Waals surface area contributed by atoms with Crippen LogP contribution in [0, 0.1) is 0 Å². The molecule has 0 aliphatic heterocycles. The zero-order chi connectivity index (χ0) is 9.68. The van der Waals surface area contributed by atoms with Gasteiger partial charge in [-0.1, -0.05) is 18.7 Å². The molecular formula is C10H11NO2. The van der Waals surface area contributed by atoms with Crippen molar-refractivity contribution in [2.45, 2.75) is 6.42 Å². The third-order valence-electron chi connectivity index (χ3n) is 1.54. The molecule has 0 aliphatic rings. The highest BCUT2D eigenvalue weighted by Gasteiger charge is 2.01. The molecule has 3 heteroatoms. The lowest BCUT2D eigenvalue weighted by molar-refractivity contribution is -0.137. The number of nitrogen functional groups attached to an aromatic ring is 1.